The van der Waals surface area contributed by atoms with Crippen molar-refractivity contribution in [2.24, 2.45) is 0 Å². The summed E-state index contributed by atoms with van der Waals surface area (Å²) >= 11 is 1.47. The highest BCUT2D eigenvalue weighted by Crippen LogP contribution is 2.41. The second-order valence-electron chi connectivity index (χ2n) is 13.7. The van der Waals surface area contributed by atoms with E-state index in [9.17, 15) is 19.5 Å². The molecule has 3 heterocycles. The van der Waals surface area contributed by atoms with E-state index in [2.05, 4.69) is 5.32 Å². The predicted octanol–water partition coefficient (Wildman–Crippen LogP) is 8.40. The fourth-order valence-electron chi connectivity index (χ4n) is 6.83. The zero-order chi connectivity index (χ0) is 39.1. The zero-order valence-electron chi connectivity index (χ0n) is 30.7. The van der Waals surface area contributed by atoms with E-state index >= 15 is 0 Å². The van der Waals surface area contributed by atoms with Gasteiger partial charge in [0.15, 0.2) is 12.1 Å². The van der Waals surface area contributed by atoms with E-state index in [1.54, 1.807) is 24.3 Å². The number of anilines is 1. The molecular weight excluding hydrogens is 743 g/mol. The van der Waals surface area contributed by atoms with Gasteiger partial charge in [-0.05, 0) is 28.8 Å². The summed E-state index contributed by atoms with van der Waals surface area (Å²) in [7, 11) is 0. The summed E-state index contributed by atoms with van der Waals surface area (Å²) in [5.41, 5.74) is 6.24. The van der Waals surface area contributed by atoms with Gasteiger partial charge < -0.3 is 29.1 Å². The first kappa shape index (κ1) is 37.9. The Morgan fingerprint density at radius 1 is 0.789 bits per heavy atom. The number of aliphatic hydroxyl groups excluding tert-OH is 1. The summed E-state index contributed by atoms with van der Waals surface area (Å²) in [6.45, 7) is -0.0249. The number of oxazole rings is 1. The molecule has 12 heteroatoms. The van der Waals surface area contributed by atoms with Crippen LogP contribution < -0.4 is 10.2 Å². The number of hydrogen-bond donors (Lipinski definition) is 2. The van der Waals surface area contributed by atoms with Crippen LogP contribution >= 0.6 is 11.8 Å². The summed E-state index contributed by atoms with van der Waals surface area (Å²) in [6.07, 6.45) is -1.80. The molecule has 0 aliphatic carbocycles. The Morgan fingerprint density at radius 3 is 2.12 bits per heavy atom. The Hall–Kier alpha value is -6.05. The minimum absolute atomic E-state index is 0.0382. The number of amides is 3. The van der Waals surface area contributed by atoms with Crippen molar-refractivity contribution < 1.29 is 38.1 Å². The van der Waals surface area contributed by atoms with Crippen molar-refractivity contribution in [3.8, 4) is 22.6 Å². The molecule has 1 aromatic heterocycles. The largest absolute Gasteiger partial charge is 0.445 e. The molecule has 2 N–H and O–H groups in total. The summed E-state index contributed by atoms with van der Waals surface area (Å²) < 4.78 is 24.7. The molecule has 0 radical (unpaired) electrons. The normalized spacial score (nSPS) is 19.4. The number of carbonyl (C=O) groups is 3. The molecule has 2 aliphatic rings. The average molecular weight is 782 g/mol. The first-order valence-electron chi connectivity index (χ1n) is 18.6. The number of benzene rings is 5. The van der Waals surface area contributed by atoms with Crippen LogP contribution in [0.5, 0.6) is 0 Å². The molecule has 2 fully saturated rings. The minimum Gasteiger partial charge on any atom is -0.445 e. The molecule has 3 amide bonds. The van der Waals surface area contributed by atoms with Crippen molar-refractivity contribution in [3.63, 3.8) is 0 Å². The van der Waals surface area contributed by atoms with E-state index in [-0.39, 0.29) is 31.8 Å². The van der Waals surface area contributed by atoms with Crippen LogP contribution in [-0.2, 0) is 37.0 Å². The van der Waals surface area contributed by atoms with E-state index in [1.165, 1.54) is 11.8 Å². The van der Waals surface area contributed by atoms with Gasteiger partial charge in [0.05, 0.1) is 30.9 Å². The molecule has 0 spiro atoms. The Bertz CT molecular complexity index is 2250. The number of aliphatic hydroxyl groups is 1. The standard InChI is InChI=1S/C45H39N3O8S/c49-26-29-16-18-31(19-17-29)38-24-36(28-57-45-47-40(32-12-6-2-7-13-32)41(56-45)33-14-8-3-9-15-33)54-43(55-38)34-20-22-35(23-21-34)48-39(50)25-37(42(48)51)46-44(52)53-27-30-10-4-1-5-11-30/h1-23,36-38,43,49H,24-28H2,(H,46,52)/t36-,37?,38+,43+/m0/s1. The number of alkyl carbamates (subject to hydrolysis) is 1. The van der Waals surface area contributed by atoms with Gasteiger partial charge in [0.25, 0.3) is 11.1 Å². The topological polar surface area (TPSA) is 140 Å². The molecule has 0 saturated carbocycles. The number of ether oxygens (including phenoxy) is 3. The third-order valence-electron chi connectivity index (χ3n) is 9.77. The van der Waals surface area contributed by atoms with Crippen LogP contribution in [-0.4, -0.2) is 45.9 Å². The molecule has 2 aliphatic heterocycles. The molecule has 6 aromatic rings. The lowest BCUT2D eigenvalue weighted by Gasteiger charge is -2.36. The summed E-state index contributed by atoms with van der Waals surface area (Å²) in [6, 6.07) is 42.5. The Balaban J connectivity index is 0.973. The number of hydrogen-bond acceptors (Lipinski definition) is 10. The van der Waals surface area contributed by atoms with Crippen LogP contribution in [0, 0.1) is 0 Å². The highest BCUT2D eigenvalue weighted by molar-refractivity contribution is 7.99. The van der Waals surface area contributed by atoms with Crippen molar-refractivity contribution in [1.82, 2.24) is 10.3 Å². The van der Waals surface area contributed by atoms with Crippen molar-refractivity contribution in [1.29, 1.82) is 0 Å². The second-order valence-corrected chi connectivity index (χ2v) is 14.6. The number of thioether (sulfide) groups is 1. The Labute approximate surface area is 333 Å². The summed E-state index contributed by atoms with van der Waals surface area (Å²) in [5, 5.41) is 12.7. The Kier molecular flexibility index (Phi) is 11.6. The lowest BCUT2D eigenvalue weighted by Crippen LogP contribution is -2.42. The Morgan fingerprint density at radius 2 is 1.44 bits per heavy atom. The van der Waals surface area contributed by atoms with Gasteiger partial charge in [0, 0.05) is 28.9 Å². The van der Waals surface area contributed by atoms with Gasteiger partial charge in [-0.2, -0.15) is 0 Å². The molecule has 1 unspecified atom stereocenters. The number of nitrogens with one attached hydrogen (secondary N) is 1. The fraction of sp³-hybridized carbons (Fsp3) is 0.200. The summed E-state index contributed by atoms with van der Waals surface area (Å²) in [5.74, 6) is 0.227. The molecule has 8 rings (SSSR count). The number of aromatic nitrogens is 1. The van der Waals surface area contributed by atoms with Crippen molar-refractivity contribution >= 4 is 35.4 Å². The van der Waals surface area contributed by atoms with Crippen molar-refractivity contribution in [2.45, 2.75) is 55.8 Å². The lowest BCUT2D eigenvalue weighted by atomic mass is 10.0. The third-order valence-corrected chi connectivity index (χ3v) is 10.7. The molecule has 4 atom stereocenters. The van der Waals surface area contributed by atoms with Crippen LogP contribution in [0.4, 0.5) is 10.5 Å². The first-order valence-corrected chi connectivity index (χ1v) is 19.6. The van der Waals surface area contributed by atoms with Crippen LogP contribution in [0.2, 0.25) is 0 Å². The molecule has 0 bridgehead atoms. The lowest BCUT2D eigenvalue weighted by molar-refractivity contribution is -0.245. The van der Waals surface area contributed by atoms with Gasteiger partial charge >= 0.3 is 6.09 Å². The van der Waals surface area contributed by atoms with Crippen LogP contribution in [0.3, 0.4) is 0 Å². The predicted molar refractivity (Wildman–Crippen MR) is 214 cm³/mol. The third kappa shape index (κ3) is 8.84. The zero-order valence-corrected chi connectivity index (χ0v) is 31.5. The first-order chi connectivity index (χ1) is 27.9. The van der Waals surface area contributed by atoms with Gasteiger partial charge in [-0.25, -0.2) is 14.7 Å². The van der Waals surface area contributed by atoms with Gasteiger partial charge in [0.1, 0.15) is 18.3 Å². The van der Waals surface area contributed by atoms with E-state index in [4.69, 9.17) is 23.6 Å². The highest BCUT2D eigenvalue weighted by Gasteiger charge is 2.41. The maximum absolute atomic E-state index is 13.3. The monoisotopic (exact) mass is 781 g/mol. The number of imide groups is 1. The maximum Gasteiger partial charge on any atom is 0.408 e. The van der Waals surface area contributed by atoms with Crippen LogP contribution in [0.25, 0.3) is 22.6 Å². The van der Waals surface area contributed by atoms with E-state index in [0.717, 1.165) is 38.4 Å². The number of carbonyl (C=O) groups excluding carboxylic acids is 3. The molecule has 11 nitrogen and oxygen atoms in total. The van der Waals surface area contributed by atoms with Crippen molar-refractivity contribution in [3.05, 3.63) is 162 Å². The number of nitrogens with zero attached hydrogens (tertiary/aromatic N) is 2. The van der Waals surface area contributed by atoms with E-state index in [1.807, 2.05) is 115 Å². The fourth-order valence-corrected chi connectivity index (χ4v) is 7.67. The van der Waals surface area contributed by atoms with Crippen molar-refractivity contribution in [2.75, 3.05) is 10.7 Å². The molecule has 57 heavy (non-hydrogen) atoms. The quantitative estimate of drug-likeness (QED) is 0.0919. The van der Waals surface area contributed by atoms with Crippen LogP contribution in [0.15, 0.2) is 149 Å². The molecular formula is C45H39N3O8S. The van der Waals surface area contributed by atoms with Gasteiger partial charge in [-0.1, -0.05) is 139 Å². The average Bonchev–Trinajstić information content (AvgIpc) is 3.82. The molecule has 288 valence electrons. The number of rotatable bonds is 12. The second kappa shape index (κ2) is 17.4. The minimum atomic E-state index is -1.04. The highest BCUT2D eigenvalue weighted by atomic mass is 32.2. The summed E-state index contributed by atoms with van der Waals surface area (Å²) in [4.78, 5) is 44.8. The molecule has 2 saturated heterocycles. The van der Waals surface area contributed by atoms with E-state index in [0.29, 0.717) is 34.4 Å². The SMILES string of the molecule is O=C(NC1CC(=O)N(c2ccc([C@@H]3O[C@H](CSc4nc(-c5ccccc5)c(-c5ccccc5)o4)C[C@H](c4ccc(CO)cc4)O3)cc2)C1=O)OCc1ccccc1. The smallest absolute Gasteiger partial charge is 0.408 e. The maximum atomic E-state index is 13.3. The van der Waals surface area contributed by atoms with Gasteiger partial charge in [0.2, 0.25) is 5.91 Å². The van der Waals surface area contributed by atoms with E-state index < -0.39 is 30.2 Å². The molecule has 5 aromatic carbocycles. The van der Waals surface area contributed by atoms with Gasteiger partial charge in [-0.3, -0.25) is 9.59 Å². The van der Waals surface area contributed by atoms with Crippen LogP contribution in [0.1, 0.15) is 47.5 Å². The van der Waals surface area contributed by atoms with Gasteiger partial charge in [-0.15, -0.1) is 0 Å².